The first kappa shape index (κ1) is 36.6. The molecule has 14 heteroatoms. The van der Waals surface area contributed by atoms with E-state index in [1.54, 1.807) is 20.8 Å². The lowest BCUT2D eigenvalue weighted by Gasteiger charge is -2.42. The summed E-state index contributed by atoms with van der Waals surface area (Å²) in [5, 5.41) is 2.71. The molecule has 1 aliphatic rings. The first-order valence-corrected chi connectivity index (χ1v) is 14.4. The number of hydrogen-bond acceptors (Lipinski definition) is 12. The maximum atomic E-state index is 13.1. The molecule has 0 aromatic heterocycles. The van der Waals surface area contributed by atoms with Gasteiger partial charge in [0.1, 0.15) is 23.7 Å². The molecule has 0 spiro atoms. The number of hydroxylamine groups is 1. The summed E-state index contributed by atoms with van der Waals surface area (Å²) in [6.07, 6.45) is -2.91. The maximum absolute atomic E-state index is 13.1. The van der Waals surface area contributed by atoms with E-state index in [9.17, 15) is 24.0 Å². The molecule has 44 heavy (non-hydrogen) atoms. The zero-order chi connectivity index (χ0) is 32.9. The van der Waals surface area contributed by atoms with Crippen molar-refractivity contribution in [3.05, 3.63) is 29.3 Å². The van der Waals surface area contributed by atoms with Gasteiger partial charge in [-0.3, -0.25) is 24.0 Å². The number of Topliss-reactive ketones (excluding diaryl/α,β-unsaturated/α-hetero) is 1. The highest BCUT2D eigenvalue weighted by atomic mass is 16.7. The van der Waals surface area contributed by atoms with Gasteiger partial charge in [0.15, 0.2) is 11.9 Å². The molecule has 1 heterocycles. The maximum Gasteiger partial charge on any atom is 0.431 e. The van der Waals surface area contributed by atoms with Crippen molar-refractivity contribution in [2.45, 2.75) is 72.6 Å². The van der Waals surface area contributed by atoms with Crippen molar-refractivity contribution >= 4 is 30.0 Å². The van der Waals surface area contributed by atoms with Crippen molar-refractivity contribution in [2.24, 2.45) is 11.8 Å². The van der Waals surface area contributed by atoms with Gasteiger partial charge in [0.05, 0.1) is 38.6 Å². The van der Waals surface area contributed by atoms with E-state index in [2.05, 4.69) is 10.8 Å². The van der Waals surface area contributed by atoms with Gasteiger partial charge >= 0.3 is 12.1 Å². The number of aldehydes is 1. The molecule has 1 aliphatic heterocycles. The number of nitrogens with one attached hydrogen (secondary N) is 2. The molecular formula is C30H44N2O12. The molecule has 14 nitrogen and oxygen atoms in total. The smallest absolute Gasteiger partial charge is 0.431 e. The van der Waals surface area contributed by atoms with Crippen LogP contribution in [-0.4, -0.2) is 93.7 Å². The van der Waals surface area contributed by atoms with Gasteiger partial charge in [0.2, 0.25) is 6.29 Å². The molecule has 1 aromatic carbocycles. The molecule has 2 rings (SSSR count). The average Bonchev–Trinajstić information content (AvgIpc) is 2.94. The van der Waals surface area contributed by atoms with Crippen LogP contribution in [0.25, 0.3) is 0 Å². The van der Waals surface area contributed by atoms with Crippen LogP contribution in [0.5, 0.6) is 5.75 Å². The molecule has 0 radical (unpaired) electrons. The number of ether oxygens (including phenoxy) is 6. The minimum atomic E-state index is -1.17. The van der Waals surface area contributed by atoms with Crippen molar-refractivity contribution in [3.63, 3.8) is 0 Å². The van der Waals surface area contributed by atoms with Gasteiger partial charge in [-0.2, -0.15) is 5.48 Å². The van der Waals surface area contributed by atoms with E-state index < -0.39 is 42.1 Å². The zero-order valence-corrected chi connectivity index (χ0v) is 26.3. The fourth-order valence-electron chi connectivity index (χ4n) is 4.27. The second-order valence-corrected chi connectivity index (χ2v) is 11.3. The molecule has 246 valence electrons. The van der Waals surface area contributed by atoms with Crippen LogP contribution in [0.1, 0.15) is 69.2 Å². The van der Waals surface area contributed by atoms with E-state index in [1.807, 2.05) is 13.8 Å². The monoisotopic (exact) mass is 624 g/mol. The van der Waals surface area contributed by atoms with Crippen LogP contribution in [0.2, 0.25) is 0 Å². The van der Waals surface area contributed by atoms with E-state index in [0.717, 1.165) is 0 Å². The number of amides is 2. The minimum absolute atomic E-state index is 0.0498. The van der Waals surface area contributed by atoms with Crippen LogP contribution in [0.15, 0.2) is 18.2 Å². The summed E-state index contributed by atoms with van der Waals surface area (Å²) in [5.41, 5.74) is 1.82. The average molecular weight is 625 g/mol. The molecule has 1 saturated heterocycles. The topological polar surface area (TPSA) is 174 Å². The largest absolute Gasteiger partial charge is 0.460 e. The Balaban J connectivity index is 1.86. The molecule has 0 unspecified atom stereocenters. The molecule has 1 aromatic rings. The normalized spacial score (nSPS) is 21.6. The molecule has 0 bridgehead atoms. The summed E-state index contributed by atoms with van der Waals surface area (Å²) in [4.78, 5) is 65.0. The highest BCUT2D eigenvalue weighted by molar-refractivity contribution is 5.98. The van der Waals surface area contributed by atoms with E-state index >= 15 is 0 Å². The number of carbonyl (C=O) groups is 5. The third kappa shape index (κ3) is 12.2. The number of benzene rings is 1. The quantitative estimate of drug-likeness (QED) is 0.119. The third-order valence-corrected chi connectivity index (χ3v) is 6.49. The van der Waals surface area contributed by atoms with Crippen LogP contribution in [0, 0.1) is 11.8 Å². The Kier molecular flexibility index (Phi) is 14.7. The number of ketones is 1. The molecule has 0 aliphatic carbocycles. The first-order valence-electron chi connectivity index (χ1n) is 14.4. The number of esters is 1. The lowest BCUT2D eigenvalue weighted by atomic mass is 9.82. The van der Waals surface area contributed by atoms with Crippen molar-refractivity contribution in [1.29, 1.82) is 0 Å². The predicted octanol–water partition coefficient (Wildman–Crippen LogP) is 2.62. The van der Waals surface area contributed by atoms with Crippen LogP contribution in [0.3, 0.4) is 0 Å². The summed E-state index contributed by atoms with van der Waals surface area (Å²) in [6, 6.07) is 4.28. The summed E-state index contributed by atoms with van der Waals surface area (Å²) < 4.78 is 33.3. The summed E-state index contributed by atoms with van der Waals surface area (Å²) in [5.74, 6) is -1.75. The van der Waals surface area contributed by atoms with Gasteiger partial charge in [-0.1, -0.05) is 13.8 Å². The molecule has 2 amide bonds. The predicted molar refractivity (Wildman–Crippen MR) is 155 cm³/mol. The molecule has 1 fully saturated rings. The van der Waals surface area contributed by atoms with Gasteiger partial charge in [-0.15, -0.1) is 0 Å². The Hall–Kier alpha value is -3.59. The second-order valence-electron chi connectivity index (χ2n) is 11.3. The standard InChI is InChI=1S/C30H44N2O12/c1-18-19(2)26(41-21(4)35)28(43-25(18)20(3)34)42-24-9-8-22(17-33)16-23(24)27(36)31-10-11-38-12-13-39-14-15-40-32-29(37)44-30(5,6)7/h8-9,16-19,25-26,28H,10-15H2,1-7H3,(H,31,36)(H,32,37)/t18-,19-,25-,26+,28+/m0/s1. The molecular weight excluding hydrogens is 580 g/mol. The highest BCUT2D eigenvalue weighted by Crippen LogP contribution is 2.35. The Bertz CT molecular complexity index is 1140. The van der Waals surface area contributed by atoms with Crippen LogP contribution in [0.4, 0.5) is 4.79 Å². The lowest BCUT2D eigenvalue weighted by Crippen LogP contribution is -2.55. The Labute approximate surface area is 257 Å². The third-order valence-electron chi connectivity index (χ3n) is 6.49. The van der Waals surface area contributed by atoms with E-state index in [-0.39, 0.29) is 74.1 Å². The second kappa shape index (κ2) is 17.6. The van der Waals surface area contributed by atoms with E-state index in [4.69, 9.17) is 33.3 Å². The fraction of sp³-hybridized carbons (Fsp3) is 0.633. The van der Waals surface area contributed by atoms with Gasteiger partial charge in [-0.05, 0) is 51.8 Å². The van der Waals surface area contributed by atoms with Crippen molar-refractivity contribution in [2.75, 3.05) is 39.6 Å². The van der Waals surface area contributed by atoms with E-state index in [1.165, 1.54) is 32.0 Å². The van der Waals surface area contributed by atoms with Gasteiger partial charge in [0, 0.05) is 24.9 Å². The van der Waals surface area contributed by atoms with Crippen LogP contribution >= 0.6 is 0 Å². The van der Waals surface area contributed by atoms with Crippen molar-refractivity contribution in [3.8, 4) is 5.75 Å². The SMILES string of the molecule is CC(=O)O[C@H]1[C@H](Oc2ccc(C=O)cc2C(=O)NCCOCCOCCONC(=O)OC(C)(C)C)O[C@H](C(C)=O)[C@@H](C)[C@@H]1C. The molecule has 5 atom stereocenters. The Morgan fingerprint density at radius 1 is 0.955 bits per heavy atom. The minimum Gasteiger partial charge on any atom is -0.460 e. The van der Waals surface area contributed by atoms with Crippen molar-refractivity contribution in [1.82, 2.24) is 10.8 Å². The van der Waals surface area contributed by atoms with Crippen LogP contribution in [-0.2, 0) is 38.1 Å². The summed E-state index contributed by atoms with van der Waals surface area (Å²) in [7, 11) is 0. The van der Waals surface area contributed by atoms with Crippen LogP contribution < -0.4 is 15.5 Å². The van der Waals surface area contributed by atoms with Gasteiger partial charge < -0.3 is 33.7 Å². The van der Waals surface area contributed by atoms with Gasteiger partial charge in [0.25, 0.3) is 5.91 Å². The lowest BCUT2D eigenvalue weighted by molar-refractivity contribution is -0.242. The number of hydrogen-bond donors (Lipinski definition) is 2. The summed E-state index contributed by atoms with van der Waals surface area (Å²) in [6.45, 7) is 12.7. The zero-order valence-electron chi connectivity index (χ0n) is 26.3. The molecule has 0 saturated carbocycles. The first-order chi connectivity index (χ1) is 20.7. The molecule has 2 N–H and O–H groups in total. The highest BCUT2D eigenvalue weighted by Gasteiger charge is 2.46. The number of rotatable bonds is 16. The number of carbonyl (C=O) groups excluding carboxylic acids is 5. The van der Waals surface area contributed by atoms with Gasteiger partial charge in [-0.25, -0.2) is 4.79 Å². The van der Waals surface area contributed by atoms with Crippen molar-refractivity contribution < 1.29 is 57.2 Å². The Morgan fingerprint density at radius 2 is 1.61 bits per heavy atom. The fourth-order valence-corrected chi connectivity index (χ4v) is 4.27. The Morgan fingerprint density at radius 3 is 2.23 bits per heavy atom. The van der Waals surface area contributed by atoms with E-state index in [0.29, 0.717) is 6.29 Å². The summed E-state index contributed by atoms with van der Waals surface area (Å²) >= 11 is 0.